The Morgan fingerprint density at radius 2 is 1.66 bits per heavy atom. The fourth-order valence-corrected chi connectivity index (χ4v) is 3.89. The van der Waals surface area contributed by atoms with Gasteiger partial charge in [0, 0.05) is 23.5 Å². The molecule has 3 amide bonds. The van der Waals surface area contributed by atoms with Crippen LogP contribution in [0.2, 0.25) is 0 Å². The maximum Gasteiger partial charge on any atom is 0.328 e. The van der Waals surface area contributed by atoms with E-state index in [4.69, 9.17) is 5.73 Å². The summed E-state index contributed by atoms with van der Waals surface area (Å²) in [6.07, 6.45) is 0.575. The highest BCUT2D eigenvalue weighted by Gasteiger charge is 2.30. The number of carbonyl (C=O) groups excluding carboxylic acids is 3. The number of rotatable bonds is 12. The molecule has 2 aromatic carbocycles. The molecule has 0 aliphatic rings. The highest BCUT2D eigenvalue weighted by Crippen LogP contribution is 2.18. The van der Waals surface area contributed by atoms with Crippen molar-refractivity contribution < 1.29 is 34.5 Å². The first-order valence-corrected chi connectivity index (χ1v) is 11.9. The van der Waals surface area contributed by atoms with Crippen LogP contribution in [0.15, 0.2) is 54.7 Å². The molecule has 4 atom stereocenters. The third kappa shape index (κ3) is 7.54. The number of H-pyrrole nitrogens is 1. The number of aliphatic hydroxyl groups is 1. The molecule has 1 aromatic heterocycles. The zero-order chi connectivity index (χ0) is 27.8. The number of benzene rings is 2. The number of carbonyl (C=O) groups is 4. The Bertz CT molecular complexity index is 1290. The fourth-order valence-electron chi connectivity index (χ4n) is 3.89. The second-order valence-corrected chi connectivity index (χ2v) is 8.94. The van der Waals surface area contributed by atoms with E-state index in [1.807, 2.05) is 24.3 Å². The average molecular weight is 526 g/mol. The number of phenolic OH excluding ortho intramolecular Hbond substituents is 1. The fraction of sp³-hybridized carbons (Fsp3) is 0.308. The van der Waals surface area contributed by atoms with Crippen LogP contribution in [0.25, 0.3) is 10.9 Å². The molecule has 0 aliphatic heterocycles. The zero-order valence-electron chi connectivity index (χ0n) is 20.7. The lowest BCUT2D eigenvalue weighted by Crippen LogP contribution is -2.56. The molecule has 9 N–H and O–H groups in total. The van der Waals surface area contributed by atoms with E-state index in [0.717, 1.165) is 16.5 Å². The second kappa shape index (κ2) is 12.7. The molecule has 0 fully saturated rings. The number of carboxylic acid groups (broad SMARTS) is 1. The van der Waals surface area contributed by atoms with Gasteiger partial charge in [0.2, 0.25) is 17.7 Å². The van der Waals surface area contributed by atoms with Crippen LogP contribution in [0, 0.1) is 0 Å². The van der Waals surface area contributed by atoms with Gasteiger partial charge in [0.1, 0.15) is 11.8 Å². The van der Waals surface area contributed by atoms with Crippen molar-refractivity contribution in [1.82, 2.24) is 20.9 Å². The Kier molecular flexibility index (Phi) is 9.41. The summed E-state index contributed by atoms with van der Waals surface area (Å²) in [4.78, 5) is 52.5. The number of hydrogen-bond acceptors (Lipinski definition) is 7. The number of aliphatic hydroxyl groups excluding tert-OH is 1. The molecule has 0 saturated heterocycles. The molecule has 12 nitrogen and oxygen atoms in total. The van der Waals surface area contributed by atoms with Crippen LogP contribution in [0.5, 0.6) is 5.75 Å². The highest BCUT2D eigenvalue weighted by molar-refractivity contribution is 5.93. The van der Waals surface area contributed by atoms with E-state index >= 15 is 0 Å². The summed E-state index contributed by atoms with van der Waals surface area (Å²) >= 11 is 0. The molecule has 3 aromatic rings. The van der Waals surface area contributed by atoms with E-state index in [-0.39, 0.29) is 18.6 Å². The Morgan fingerprint density at radius 3 is 2.32 bits per heavy atom. The minimum Gasteiger partial charge on any atom is -0.508 e. The number of aliphatic carboxylic acids is 1. The minimum atomic E-state index is -1.59. The molecule has 3 rings (SSSR count). The summed E-state index contributed by atoms with van der Waals surface area (Å²) in [5, 5.41) is 36.5. The van der Waals surface area contributed by atoms with E-state index in [2.05, 4.69) is 20.9 Å². The molecule has 0 saturated carbocycles. The van der Waals surface area contributed by atoms with Gasteiger partial charge >= 0.3 is 5.97 Å². The first-order valence-electron chi connectivity index (χ1n) is 11.9. The Hall–Kier alpha value is -4.42. The molecule has 1 heterocycles. The summed E-state index contributed by atoms with van der Waals surface area (Å²) in [7, 11) is 0. The summed E-state index contributed by atoms with van der Waals surface area (Å²) < 4.78 is 0. The average Bonchev–Trinajstić information content (AvgIpc) is 3.28. The number of nitrogens with two attached hydrogens (primary N) is 1. The van der Waals surface area contributed by atoms with Crippen LogP contribution in [-0.2, 0) is 32.0 Å². The van der Waals surface area contributed by atoms with Gasteiger partial charge in [-0.15, -0.1) is 0 Å². The lowest BCUT2D eigenvalue weighted by molar-refractivity contribution is -0.145. The normalized spacial score (nSPS) is 14.2. The monoisotopic (exact) mass is 525 g/mol. The quantitative estimate of drug-likeness (QED) is 0.155. The van der Waals surface area contributed by atoms with Gasteiger partial charge in [0.15, 0.2) is 6.04 Å². The number of para-hydroxylation sites is 1. The number of aromatic amines is 1. The smallest absolute Gasteiger partial charge is 0.328 e. The van der Waals surface area contributed by atoms with Crippen molar-refractivity contribution in [2.75, 3.05) is 6.54 Å². The Balaban J connectivity index is 1.61. The number of amides is 3. The van der Waals surface area contributed by atoms with Crippen LogP contribution in [0.4, 0.5) is 0 Å². The minimum absolute atomic E-state index is 0.00511. The molecule has 0 radical (unpaired) electrons. The van der Waals surface area contributed by atoms with Crippen molar-refractivity contribution in [3.8, 4) is 5.75 Å². The van der Waals surface area contributed by atoms with E-state index in [1.54, 1.807) is 6.20 Å². The third-order valence-electron chi connectivity index (χ3n) is 5.95. The van der Waals surface area contributed by atoms with E-state index in [9.17, 15) is 34.5 Å². The van der Waals surface area contributed by atoms with Crippen molar-refractivity contribution in [2.45, 2.75) is 44.0 Å². The summed E-state index contributed by atoms with van der Waals surface area (Å²) in [6, 6.07) is 9.69. The molecular weight excluding hydrogens is 494 g/mol. The van der Waals surface area contributed by atoms with Crippen LogP contribution in [-0.4, -0.2) is 74.8 Å². The SMILES string of the molecule is CC(O)C(NC(=O)C(Cc1ccc(O)cc1)NC(=O)CNC(=O)C(N)Cc1c[nH]c2ccccc12)C(=O)O. The molecule has 0 spiro atoms. The van der Waals surface area contributed by atoms with Gasteiger partial charge in [-0.05, 0) is 42.7 Å². The Morgan fingerprint density at radius 1 is 0.974 bits per heavy atom. The number of aromatic nitrogens is 1. The summed E-state index contributed by atoms with van der Waals surface area (Å²) in [5.41, 5.74) is 8.37. The van der Waals surface area contributed by atoms with Crippen LogP contribution < -0.4 is 21.7 Å². The predicted molar refractivity (Wildman–Crippen MR) is 138 cm³/mol. The van der Waals surface area contributed by atoms with E-state index in [0.29, 0.717) is 5.56 Å². The van der Waals surface area contributed by atoms with Crippen molar-refractivity contribution in [2.24, 2.45) is 5.73 Å². The summed E-state index contributed by atoms with van der Waals surface area (Å²) in [5.74, 6) is -3.56. The lowest BCUT2D eigenvalue weighted by Gasteiger charge is -2.23. The van der Waals surface area contributed by atoms with Gasteiger partial charge in [-0.25, -0.2) is 4.79 Å². The first kappa shape index (κ1) is 28.2. The van der Waals surface area contributed by atoms with E-state index < -0.39 is 54.5 Å². The van der Waals surface area contributed by atoms with Gasteiger partial charge < -0.3 is 42.0 Å². The first-order chi connectivity index (χ1) is 18.0. The van der Waals surface area contributed by atoms with Gasteiger partial charge in [0.05, 0.1) is 18.7 Å². The van der Waals surface area contributed by atoms with Gasteiger partial charge in [-0.1, -0.05) is 30.3 Å². The molecule has 0 bridgehead atoms. The molecular formula is C26H31N5O7. The maximum atomic E-state index is 12.8. The topological polar surface area (TPSA) is 207 Å². The highest BCUT2D eigenvalue weighted by atomic mass is 16.4. The molecule has 0 aliphatic carbocycles. The van der Waals surface area contributed by atoms with Gasteiger partial charge in [-0.2, -0.15) is 0 Å². The number of aromatic hydroxyl groups is 1. The van der Waals surface area contributed by atoms with Crippen molar-refractivity contribution in [1.29, 1.82) is 0 Å². The van der Waals surface area contributed by atoms with Crippen LogP contribution in [0.3, 0.4) is 0 Å². The lowest BCUT2D eigenvalue weighted by atomic mass is 10.0. The number of nitrogens with one attached hydrogen (secondary N) is 4. The van der Waals surface area contributed by atoms with Gasteiger partial charge in [0.25, 0.3) is 0 Å². The maximum absolute atomic E-state index is 12.8. The van der Waals surface area contributed by atoms with E-state index in [1.165, 1.54) is 31.2 Å². The van der Waals surface area contributed by atoms with Gasteiger partial charge in [-0.3, -0.25) is 14.4 Å². The predicted octanol–water partition coefficient (Wildman–Crippen LogP) is -0.463. The number of hydrogen-bond donors (Lipinski definition) is 8. The Labute approximate surface area is 218 Å². The van der Waals surface area contributed by atoms with Crippen LogP contribution in [0.1, 0.15) is 18.1 Å². The van der Waals surface area contributed by atoms with Crippen molar-refractivity contribution in [3.05, 3.63) is 65.9 Å². The van der Waals surface area contributed by atoms with Crippen molar-refractivity contribution in [3.63, 3.8) is 0 Å². The number of carboxylic acids is 1. The molecule has 4 unspecified atom stereocenters. The zero-order valence-corrected chi connectivity index (χ0v) is 20.7. The third-order valence-corrected chi connectivity index (χ3v) is 5.95. The molecule has 202 valence electrons. The standard InChI is InChI=1S/C26H31N5O7/c1-14(32)23(26(37)38)31-25(36)21(10-15-6-8-17(33)9-7-15)30-22(34)13-29-24(35)19(27)11-16-12-28-20-5-3-2-4-18(16)20/h2-9,12,14,19,21,23,28,32-33H,10-11,13,27H2,1H3,(H,29,35)(H,30,34)(H,31,36)(H,37,38). The molecule has 38 heavy (non-hydrogen) atoms. The number of phenols is 1. The largest absolute Gasteiger partial charge is 0.508 e. The molecule has 12 heteroatoms. The second-order valence-electron chi connectivity index (χ2n) is 8.94. The summed E-state index contributed by atoms with van der Waals surface area (Å²) in [6.45, 7) is 0.736. The van der Waals surface area contributed by atoms with Crippen LogP contribution >= 0.6 is 0 Å². The van der Waals surface area contributed by atoms with Crippen molar-refractivity contribution >= 4 is 34.6 Å². The number of fused-ring (bicyclic) bond motifs is 1.